The molecule has 0 aliphatic heterocycles. The first kappa shape index (κ1) is 18.0. The third-order valence-corrected chi connectivity index (χ3v) is 7.15. The van der Waals surface area contributed by atoms with E-state index in [1.54, 1.807) is 10.9 Å². The topological polar surface area (TPSA) is 116 Å². The Bertz CT molecular complexity index is 903. The van der Waals surface area contributed by atoms with Crippen LogP contribution in [0, 0.1) is 0 Å². The second-order valence-corrected chi connectivity index (χ2v) is 10.8. The summed E-state index contributed by atoms with van der Waals surface area (Å²) in [5.74, 6) is 0.321. The molecule has 10 heteroatoms. The van der Waals surface area contributed by atoms with Crippen molar-refractivity contribution < 1.29 is 14.2 Å². The van der Waals surface area contributed by atoms with Crippen molar-refractivity contribution in [3.8, 4) is 0 Å². The molecule has 3 rings (SSSR count). The molecular formula is C15H19N5O3P2. The minimum atomic E-state index is -3.38. The van der Waals surface area contributed by atoms with Crippen LogP contribution in [0.4, 0.5) is 5.82 Å². The molecule has 0 saturated carbocycles. The van der Waals surface area contributed by atoms with E-state index in [2.05, 4.69) is 15.0 Å². The molecule has 25 heavy (non-hydrogen) atoms. The molecule has 3 aromatic rings. The molecule has 0 amide bonds. The Kier molecular flexibility index (Phi) is 5.45. The molecule has 8 nitrogen and oxygen atoms in total. The van der Waals surface area contributed by atoms with Gasteiger partial charge in [-0.1, -0.05) is 30.3 Å². The van der Waals surface area contributed by atoms with Crippen LogP contribution < -0.4 is 11.0 Å². The number of fused-ring (bicyclic) bond motifs is 1. The fourth-order valence-corrected chi connectivity index (χ4v) is 5.68. The second-order valence-electron chi connectivity index (χ2n) is 5.61. The number of nitrogens with zero attached hydrogens (tertiary/aromatic N) is 4. The van der Waals surface area contributed by atoms with Gasteiger partial charge in [0.1, 0.15) is 18.2 Å². The van der Waals surface area contributed by atoms with Gasteiger partial charge in [0.2, 0.25) is 7.06 Å². The highest BCUT2D eigenvalue weighted by atomic mass is 32.1. The summed E-state index contributed by atoms with van der Waals surface area (Å²) in [7, 11) is -3.56. The van der Waals surface area contributed by atoms with Crippen LogP contribution in [0.25, 0.3) is 11.2 Å². The number of hydrogen-bond acceptors (Lipinski definition) is 6. The molecule has 2 aromatic heterocycles. The van der Waals surface area contributed by atoms with Gasteiger partial charge in [-0.25, -0.2) is 15.0 Å². The molecule has 132 valence electrons. The molecule has 2 heterocycles. The standard InChI is InChI=1S/C15H19N5O3P2/c1-11(7-20-9-19-13-14(16)17-8-18-15(13)20)23-10-25(21,22)24-12-5-3-2-4-6-12/h2-6,8-9,11,24H,7,10H2,1H3,(H,21,22)(H2,16,17,18)/t11-/m1/s1. The average Bonchev–Trinajstić information content (AvgIpc) is 2.98. The maximum atomic E-state index is 12.3. The molecule has 0 aliphatic rings. The molecule has 3 atom stereocenters. The second kappa shape index (κ2) is 7.58. The number of hydrogen-bond donors (Lipinski definition) is 2. The van der Waals surface area contributed by atoms with Crippen molar-refractivity contribution >= 4 is 37.6 Å². The lowest BCUT2D eigenvalue weighted by Crippen LogP contribution is -2.17. The quantitative estimate of drug-likeness (QED) is 0.603. The first-order chi connectivity index (χ1) is 11.9. The molecular weight excluding hydrogens is 360 g/mol. The highest BCUT2D eigenvalue weighted by Crippen LogP contribution is 2.59. The third kappa shape index (κ3) is 4.61. The number of benzene rings is 1. The predicted octanol–water partition coefficient (Wildman–Crippen LogP) is 1.96. The van der Waals surface area contributed by atoms with Crippen LogP contribution in [0.1, 0.15) is 6.92 Å². The van der Waals surface area contributed by atoms with Gasteiger partial charge in [0.05, 0.1) is 19.0 Å². The van der Waals surface area contributed by atoms with E-state index in [9.17, 15) is 9.46 Å². The van der Waals surface area contributed by atoms with Gasteiger partial charge in [-0.2, -0.15) is 0 Å². The monoisotopic (exact) mass is 379 g/mol. The van der Waals surface area contributed by atoms with Crippen LogP contribution in [0.5, 0.6) is 0 Å². The van der Waals surface area contributed by atoms with Gasteiger partial charge < -0.3 is 19.9 Å². The fraction of sp³-hybridized carbons (Fsp3) is 0.267. The number of nitrogens with two attached hydrogens (primary N) is 1. The van der Waals surface area contributed by atoms with Gasteiger partial charge in [0.15, 0.2) is 11.5 Å². The molecule has 1 aromatic carbocycles. The lowest BCUT2D eigenvalue weighted by atomic mass is 10.4. The first-order valence-electron chi connectivity index (χ1n) is 7.63. The van der Waals surface area contributed by atoms with E-state index >= 15 is 0 Å². The van der Waals surface area contributed by atoms with Crippen molar-refractivity contribution in [3.63, 3.8) is 0 Å². The Hall–Kier alpha value is -1.85. The van der Waals surface area contributed by atoms with Crippen LogP contribution in [-0.2, 0) is 15.8 Å². The van der Waals surface area contributed by atoms with Crippen LogP contribution in [-0.4, -0.2) is 36.9 Å². The molecule has 0 saturated heterocycles. The van der Waals surface area contributed by atoms with Gasteiger partial charge in [0, 0.05) is 8.27 Å². The highest BCUT2D eigenvalue weighted by molar-refractivity contribution is 8.24. The lowest BCUT2D eigenvalue weighted by Gasteiger charge is -2.17. The first-order valence-corrected chi connectivity index (χ1v) is 11.3. The Morgan fingerprint density at radius 3 is 2.84 bits per heavy atom. The van der Waals surface area contributed by atoms with Gasteiger partial charge in [-0.3, -0.25) is 4.57 Å². The Labute approximate surface area is 146 Å². The van der Waals surface area contributed by atoms with E-state index in [-0.39, 0.29) is 20.7 Å². The number of aromatic nitrogens is 4. The summed E-state index contributed by atoms with van der Waals surface area (Å²) in [4.78, 5) is 22.4. The van der Waals surface area contributed by atoms with Crippen molar-refractivity contribution in [3.05, 3.63) is 43.0 Å². The van der Waals surface area contributed by atoms with Crippen LogP contribution >= 0.6 is 15.3 Å². The zero-order chi connectivity index (χ0) is 17.9. The maximum Gasteiger partial charge on any atom is 0.246 e. The van der Waals surface area contributed by atoms with Gasteiger partial charge in [-0.15, -0.1) is 0 Å². The summed E-state index contributed by atoms with van der Waals surface area (Å²) in [6, 6.07) is 9.26. The Morgan fingerprint density at radius 1 is 1.32 bits per heavy atom. The van der Waals surface area contributed by atoms with Crippen molar-refractivity contribution in [2.75, 3.05) is 12.1 Å². The normalized spacial score (nSPS) is 15.6. The van der Waals surface area contributed by atoms with Gasteiger partial charge in [0.25, 0.3) is 0 Å². The average molecular weight is 379 g/mol. The molecule has 0 fully saturated rings. The minimum Gasteiger partial charge on any atom is -0.382 e. The Morgan fingerprint density at radius 2 is 2.08 bits per heavy atom. The number of rotatable bonds is 7. The molecule has 0 bridgehead atoms. The summed E-state index contributed by atoms with van der Waals surface area (Å²) < 4.78 is 19.7. The summed E-state index contributed by atoms with van der Waals surface area (Å²) in [6.07, 6.45) is 2.52. The van der Waals surface area contributed by atoms with E-state index in [0.29, 0.717) is 23.5 Å². The smallest absolute Gasteiger partial charge is 0.246 e. The predicted molar refractivity (Wildman–Crippen MR) is 99.4 cm³/mol. The van der Waals surface area contributed by atoms with Crippen LogP contribution in [0.15, 0.2) is 43.0 Å². The Balaban J connectivity index is 1.59. The van der Waals surface area contributed by atoms with Crippen molar-refractivity contribution in [2.45, 2.75) is 19.6 Å². The number of imidazole rings is 1. The minimum absolute atomic E-state index is 0.183. The van der Waals surface area contributed by atoms with E-state index in [1.807, 2.05) is 37.3 Å². The number of anilines is 1. The molecule has 2 unspecified atom stereocenters. The fourth-order valence-electron chi connectivity index (χ4n) is 2.34. The number of nitrogen functional groups attached to an aromatic ring is 1. The van der Waals surface area contributed by atoms with Crippen LogP contribution in [0.2, 0.25) is 0 Å². The molecule has 0 spiro atoms. The van der Waals surface area contributed by atoms with Crippen molar-refractivity contribution in [1.29, 1.82) is 0 Å². The largest absolute Gasteiger partial charge is 0.382 e. The van der Waals surface area contributed by atoms with E-state index in [1.165, 1.54) is 6.33 Å². The zero-order valence-corrected chi connectivity index (χ0v) is 15.5. The molecule has 0 radical (unpaired) electrons. The zero-order valence-electron chi connectivity index (χ0n) is 13.6. The molecule has 3 N–H and O–H groups in total. The van der Waals surface area contributed by atoms with E-state index in [4.69, 9.17) is 10.5 Å². The summed E-state index contributed by atoms with van der Waals surface area (Å²) in [6.45, 7) is 2.28. The number of ether oxygens (including phenoxy) is 1. The SMILES string of the molecule is C[C@H](Cn1cnc2c(N)ncnc21)OCP(=O)(O)Pc1ccccc1. The van der Waals surface area contributed by atoms with Gasteiger partial charge >= 0.3 is 0 Å². The summed E-state index contributed by atoms with van der Waals surface area (Å²) >= 11 is 0. The van der Waals surface area contributed by atoms with Crippen LogP contribution in [0.3, 0.4) is 0 Å². The van der Waals surface area contributed by atoms with Gasteiger partial charge in [-0.05, 0) is 12.2 Å². The summed E-state index contributed by atoms with van der Waals surface area (Å²) in [5.41, 5.74) is 6.91. The van der Waals surface area contributed by atoms with Crippen molar-refractivity contribution in [2.24, 2.45) is 0 Å². The lowest BCUT2D eigenvalue weighted by molar-refractivity contribution is 0.0840. The van der Waals surface area contributed by atoms with Crippen molar-refractivity contribution in [1.82, 2.24) is 19.5 Å². The molecule has 0 aliphatic carbocycles. The third-order valence-electron chi connectivity index (χ3n) is 3.49. The maximum absolute atomic E-state index is 12.3. The van der Waals surface area contributed by atoms with E-state index < -0.39 is 7.06 Å². The van der Waals surface area contributed by atoms with E-state index in [0.717, 1.165) is 5.30 Å². The highest BCUT2D eigenvalue weighted by Gasteiger charge is 2.21. The summed E-state index contributed by atoms with van der Waals surface area (Å²) in [5, 5.41) is 0.845.